The maximum atomic E-state index is 13.1. The lowest BCUT2D eigenvalue weighted by Gasteiger charge is -2.23. The van der Waals surface area contributed by atoms with E-state index in [1.54, 1.807) is 60.6 Å². The van der Waals surface area contributed by atoms with E-state index in [1.807, 2.05) is 19.1 Å². The van der Waals surface area contributed by atoms with Crippen LogP contribution in [0.1, 0.15) is 79.2 Å². The van der Waals surface area contributed by atoms with Crippen molar-refractivity contribution < 1.29 is 29.0 Å². The van der Waals surface area contributed by atoms with Crippen molar-refractivity contribution in [3.05, 3.63) is 52.3 Å². The third-order valence-corrected chi connectivity index (χ3v) is 4.41. The minimum atomic E-state index is -1.27. The van der Waals surface area contributed by atoms with E-state index in [1.165, 1.54) is 0 Å². The fourth-order valence-electron chi connectivity index (χ4n) is 3.18. The van der Waals surface area contributed by atoms with Gasteiger partial charge in [0.1, 0.15) is 11.2 Å². The van der Waals surface area contributed by atoms with E-state index in [0.717, 1.165) is 5.56 Å². The van der Waals surface area contributed by atoms with Crippen LogP contribution < -0.4 is 5.32 Å². The highest BCUT2D eigenvalue weighted by molar-refractivity contribution is 6.06. The number of hydrogen-bond acceptors (Lipinski definition) is 6. The number of aromatic carboxylic acids is 1. The van der Waals surface area contributed by atoms with Gasteiger partial charge in [-0.1, -0.05) is 29.8 Å². The van der Waals surface area contributed by atoms with Gasteiger partial charge in [-0.3, -0.25) is 4.98 Å². The largest absolute Gasteiger partial charge is 0.478 e. The summed E-state index contributed by atoms with van der Waals surface area (Å²) in [4.78, 5) is 42.0. The number of aryl methyl sites for hydroxylation is 2. The van der Waals surface area contributed by atoms with Crippen molar-refractivity contribution in [3.63, 3.8) is 0 Å². The summed E-state index contributed by atoms with van der Waals surface area (Å²) < 4.78 is 10.8. The fourth-order valence-corrected chi connectivity index (χ4v) is 3.18. The van der Waals surface area contributed by atoms with Gasteiger partial charge in [0.2, 0.25) is 0 Å². The molecule has 0 bridgehead atoms. The van der Waals surface area contributed by atoms with E-state index < -0.39 is 29.2 Å². The molecule has 178 valence electrons. The number of alkyl carbamates (subject to hydrolysis) is 1. The second-order valence-electron chi connectivity index (χ2n) is 9.80. The summed E-state index contributed by atoms with van der Waals surface area (Å²) >= 11 is 0. The van der Waals surface area contributed by atoms with Crippen molar-refractivity contribution in [2.45, 2.75) is 73.1 Å². The van der Waals surface area contributed by atoms with Crippen LogP contribution in [0.5, 0.6) is 0 Å². The Morgan fingerprint density at radius 1 is 0.909 bits per heavy atom. The zero-order valence-electron chi connectivity index (χ0n) is 20.5. The Labute approximate surface area is 194 Å². The minimum Gasteiger partial charge on any atom is -0.478 e. The summed E-state index contributed by atoms with van der Waals surface area (Å²) in [5.41, 5.74) is 0.513. The number of nitrogens with one attached hydrogen (secondary N) is 1. The quantitative estimate of drug-likeness (QED) is 0.605. The van der Waals surface area contributed by atoms with Gasteiger partial charge >= 0.3 is 18.0 Å². The first-order chi connectivity index (χ1) is 15.1. The highest BCUT2D eigenvalue weighted by atomic mass is 16.6. The average molecular weight is 457 g/mol. The average Bonchev–Trinajstić information content (AvgIpc) is 2.63. The maximum Gasteiger partial charge on any atom is 0.407 e. The van der Waals surface area contributed by atoms with Crippen molar-refractivity contribution >= 4 is 18.0 Å². The molecule has 0 unspecified atom stereocenters. The number of carboxylic acids is 1. The number of amides is 1. The third-order valence-electron chi connectivity index (χ3n) is 4.41. The molecule has 2 N–H and O–H groups in total. The zero-order valence-corrected chi connectivity index (χ0v) is 20.5. The van der Waals surface area contributed by atoms with Crippen LogP contribution in [0.15, 0.2) is 24.3 Å². The predicted molar refractivity (Wildman–Crippen MR) is 124 cm³/mol. The molecule has 1 heterocycles. The normalized spacial score (nSPS) is 11.6. The highest BCUT2D eigenvalue weighted by Crippen LogP contribution is 2.33. The van der Waals surface area contributed by atoms with Crippen molar-refractivity contribution in [2.75, 3.05) is 0 Å². The maximum absolute atomic E-state index is 13.1. The standard InChI is InChI=1S/C25H32N2O6/c1-14-9-11-16(12-10-14)19-18(22(30)32-24(3,4)5)15(2)27-17(20(19)21(28)29)13-26-23(31)33-25(6,7)8/h9-12H,13H2,1-8H3,(H,26,31)(H,28,29). The molecule has 0 saturated heterocycles. The molecule has 0 aliphatic heterocycles. The van der Waals surface area contributed by atoms with Crippen molar-refractivity contribution in [2.24, 2.45) is 0 Å². The Morgan fingerprint density at radius 2 is 1.45 bits per heavy atom. The SMILES string of the molecule is Cc1ccc(-c2c(C(=O)OC(C)(C)C)c(C)nc(CNC(=O)OC(C)(C)C)c2C(=O)O)cc1. The number of carbonyl (C=O) groups excluding carboxylic acids is 2. The molecule has 0 fully saturated rings. The van der Waals surface area contributed by atoms with Crippen molar-refractivity contribution in [1.82, 2.24) is 10.3 Å². The number of carbonyl (C=O) groups is 3. The molecule has 0 radical (unpaired) electrons. The molecule has 1 amide bonds. The van der Waals surface area contributed by atoms with E-state index >= 15 is 0 Å². The molecule has 0 aliphatic rings. The molecule has 1 aromatic heterocycles. The molecule has 0 saturated carbocycles. The van der Waals surface area contributed by atoms with Crippen LogP contribution in [-0.2, 0) is 16.0 Å². The van der Waals surface area contributed by atoms with Crippen LogP contribution in [0.4, 0.5) is 4.79 Å². The van der Waals surface area contributed by atoms with Gasteiger partial charge < -0.3 is 19.9 Å². The monoisotopic (exact) mass is 456 g/mol. The Hall–Kier alpha value is -3.42. The number of esters is 1. The molecule has 8 heteroatoms. The molecule has 2 aromatic rings. The van der Waals surface area contributed by atoms with Crippen LogP contribution in [0.25, 0.3) is 11.1 Å². The van der Waals surface area contributed by atoms with Crippen LogP contribution in [-0.4, -0.2) is 39.3 Å². The van der Waals surface area contributed by atoms with E-state index in [-0.39, 0.29) is 28.9 Å². The third kappa shape index (κ3) is 7.03. The summed E-state index contributed by atoms with van der Waals surface area (Å²) in [6, 6.07) is 7.15. The minimum absolute atomic E-state index is 0.0761. The van der Waals surface area contributed by atoms with E-state index in [0.29, 0.717) is 11.3 Å². The number of carboxylic acid groups (broad SMARTS) is 1. The lowest BCUT2D eigenvalue weighted by atomic mass is 9.91. The number of pyridine rings is 1. The first-order valence-corrected chi connectivity index (χ1v) is 10.6. The van der Waals surface area contributed by atoms with Gasteiger partial charge in [-0.05, 0) is 61.0 Å². The second kappa shape index (κ2) is 9.60. The first kappa shape index (κ1) is 25.8. The molecule has 0 aliphatic carbocycles. The van der Waals surface area contributed by atoms with E-state index in [9.17, 15) is 19.5 Å². The molecular formula is C25H32N2O6. The smallest absolute Gasteiger partial charge is 0.407 e. The van der Waals surface area contributed by atoms with Crippen LogP contribution >= 0.6 is 0 Å². The van der Waals surface area contributed by atoms with Gasteiger partial charge in [0.05, 0.1) is 29.1 Å². The molecule has 8 nitrogen and oxygen atoms in total. The van der Waals surface area contributed by atoms with Gasteiger partial charge in [-0.2, -0.15) is 0 Å². The van der Waals surface area contributed by atoms with Gasteiger partial charge in [0, 0.05) is 5.56 Å². The Morgan fingerprint density at radius 3 is 1.94 bits per heavy atom. The predicted octanol–water partition coefficient (Wildman–Crippen LogP) is 5.04. The fraction of sp³-hybridized carbons (Fsp3) is 0.440. The number of nitrogens with zero attached hydrogens (tertiary/aromatic N) is 1. The Bertz CT molecular complexity index is 1060. The van der Waals surface area contributed by atoms with E-state index in [2.05, 4.69) is 10.3 Å². The lowest BCUT2D eigenvalue weighted by Crippen LogP contribution is -2.33. The molecule has 0 atom stereocenters. The second-order valence-corrected chi connectivity index (χ2v) is 9.80. The molecule has 2 rings (SSSR count). The summed E-state index contributed by atoms with van der Waals surface area (Å²) in [6.45, 7) is 13.7. The summed E-state index contributed by atoms with van der Waals surface area (Å²) in [6.07, 6.45) is -0.702. The van der Waals surface area contributed by atoms with Gasteiger partial charge in [0.25, 0.3) is 0 Å². The number of hydrogen-bond donors (Lipinski definition) is 2. The topological polar surface area (TPSA) is 115 Å². The first-order valence-electron chi connectivity index (χ1n) is 10.6. The molecular weight excluding hydrogens is 424 g/mol. The zero-order chi connectivity index (χ0) is 25.1. The number of benzene rings is 1. The summed E-state index contributed by atoms with van der Waals surface area (Å²) in [5, 5.41) is 12.7. The van der Waals surface area contributed by atoms with Gasteiger partial charge in [-0.15, -0.1) is 0 Å². The lowest BCUT2D eigenvalue weighted by molar-refractivity contribution is 0.00686. The molecule has 0 spiro atoms. The number of rotatable bonds is 5. The van der Waals surface area contributed by atoms with Gasteiger partial charge in [0.15, 0.2) is 0 Å². The van der Waals surface area contributed by atoms with Gasteiger partial charge in [-0.25, -0.2) is 14.4 Å². The Kier molecular flexibility index (Phi) is 7.52. The summed E-state index contributed by atoms with van der Waals surface area (Å²) in [7, 11) is 0. The Balaban J connectivity index is 2.69. The van der Waals surface area contributed by atoms with Crippen LogP contribution in [0.3, 0.4) is 0 Å². The summed E-state index contributed by atoms with van der Waals surface area (Å²) in [5.74, 6) is -1.94. The van der Waals surface area contributed by atoms with Crippen molar-refractivity contribution in [1.29, 1.82) is 0 Å². The number of ether oxygens (including phenoxy) is 2. The van der Waals surface area contributed by atoms with E-state index in [4.69, 9.17) is 9.47 Å². The number of aromatic nitrogens is 1. The molecule has 1 aromatic carbocycles. The highest BCUT2D eigenvalue weighted by Gasteiger charge is 2.30. The van der Waals surface area contributed by atoms with Crippen molar-refractivity contribution in [3.8, 4) is 11.1 Å². The molecule has 33 heavy (non-hydrogen) atoms. The van der Waals surface area contributed by atoms with Crippen LogP contribution in [0.2, 0.25) is 0 Å². The van der Waals surface area contributed by atoms with Crippen LogP contribution in [0, 0.1) is 13.8 Å².